The molecule has 1 N–H and O–H groups in total. The maximum absolute atomic E-state index is 3.66. The molecule has 0 unspecified atom stereocenters. The minimum Gasteiger partial charge on any atom is -0.355 e. The average molecular weight is 665 g/mol. The first kappa shape index (κ1) is 31.1. The third-order valence-corrected chi connectivity index (χ3v) is 9.85. The molecule has 0 radical (unpaired) electrons. The van der Waals surface area contributed by atoms with E-state index < -0.39 is 0 Å². The summed E-state index contributed by atoms with van der Waals surface area (Å²) in [6.07, 6.45) is 0. The molecular formula is C50H36N2. The highest BCUT2D eigenvalue weighted by Gasteiger charge is 2.17. The molecule has 246 valence electrons. The van der Waals surface area contributed by atoms with E-state index in [0.29, 0.717) is 0 Å². The highest BCUT2D eigenvalue weighted by atomic mass is 15.1. The van der Waals surface area contributed by atoms with Crippen LogP contribution in [0.4, 0.5) is 28.4 Å². The highest BCUT2D eigenvalue weighted by molar-refractivity contribution is 6.06. The van der Waals surface area contributed by atoms with E-state index in [9.17, 15) is 0 Å². The first-order valence-corrected chi connectivity index (χ1v) is 17.8. The van der Waals surface area contributed by atoms with Crippen molar-refractivity contribution < 1.29 is 0 Å². The van der Waals surface area contributed by atoms with Crippen LogP contribution >= 0.6 is 0 Å². The van der Waals surface area contributed by atoms with Crippen LogP contribution in [0.15, 0.2) is 212 Å². The van der Waals surface area contributed by atoms with E-state index in [1.807, 2.05) is 0 Å². The monoisotopic (exact) mass is 664 g/mol. The maximum Gasteiger partial charge on any atom is 0.0540 e. The topological polar surface area (TPSA) is 15.3 Å². The van der Waals surface area contributed by atoms with Crippen molar-refractivity contribution in [3.05, 3.63) is 212 Å². The Balaban J connectivity index is 1.06. The maximum atomic E-state index is 3.66. The summed E-state index contributed by atoms with van der Waals surface area (Å²) >= 11 is 0. The third kappa shape index (κ3) is 6.08. The summed E-state index contributed by atoms with van der Waals surface area (Å²) in [6.45, 7) is 0. The van der Waals surface area contributed by atoms with E-state index in [0.717, 1.165) is 28.4 Å². The first-order valence-electron chi connectivity index (χ1n) is 17.8. The van der Waals surface area contributed by atoms with Crippen molar-refractivity contribution in [2.24, 2.45) is 0 Å². The standard InChI is InChI=1S/C50H36N2/c1-3-14-38(15-4-1)46-19-11-12-22-49(46)51-42-29-25-39(26-30-42)45-33-34-50(48-21-10-9-20-47(45)48)52(43-17-5-2-6-18-43)44-31-27-37(28-32-44)41-24-23-36-13-7-8-16-40(36)35-41/h1-35,51H. The minimum absolute atomic E-state index is 1.05. The summed E-state index contributed by atoms with van der Waals surface area (Å²) in [5.41, 5.74) is 12.7. The number of nitrogens with one attached hydrogen (secondary N) is 1. The first-order chi connectivity index (χ1) is 25.8. The van der Waals surface area contributed by atoms with Crippen LogP contribution in [0.5, 0.6) is 0 Å². The summed E-state index contributed by atoms with van der Waals surface area (Å²) in [5, 5.41) is 8.58. The van der Waals surface area contributed by atoms with E-state index in [-0.39, 0.29) is 0 Å². The molecule has 0 saturated carbocycles. The zero-order chi connectivity index (χ0) is 34.7. The molecule has 0 fully saturated rings. The second kappa shape index (κ2) is 13.8. The van der Waals surface area contributed by atoms with Crippen molar-refractivity contribution in [1.29, 1.82) is 0 Å². The number of rotatable bonds is 8. The van der Waals surface area contributed by atoms with Gasteiger partial charge in [0.15, 0.2) is 0 Å². The molecule has 0 atom stereocenters. The number of para-hydroxylation sites is 2. The molecule has 2 heteroatoms. The summed E-state index contributed by atoms with van der Waals surface area (Å²) in [6, 6.07) is 75.9. The van der Waals surface area contributed by atoms with Crippen molar-refractivity contribution in [2.45, 2.75) is 0 Å². The second-order valence-electron chi connectivity index (χ2n) is 13.1. The van der Waals surface area contributed by atoms with Gasteiger partial charge in [0.25, 0.3) is 0 Å². The highest BCUT2D eigenvalue weighted by Crippen LogP contribution is 2.42. The zero-order valence-corrected chi connectivity index (χ0v) is 28.7. The van der Waals surface area contributed by atoms with E-state index >= 15 is 0 Å². The molecular weight excluding hydrogens is 629 g/mol. The Morgan fingerprint density at radius 1 is 0.327 bits per heavy atom. The molecule has 9 aromatic rings. The SMILES string of the molecule is c1ccc(-c2ccccc2Nc2ccc(-c3ccc(N(c4ccccc4)c4ccc(-c5ccc6ccccc6c5)cc4)c4ccccc34)cc2)cc1. The number of hydrogen-bond donors (Lipinski definition) is 1. The second-order valence-corrected chi connectivity index (χ2v) is 13.1. The molecule has 0 amide bonds. The molecule has 0 aliphatic heterocycles. The average Bonchev–Trinajstić information content (AvgIpc) is 3.22. The predicted octanol–water partition coefficient (Wildman–Crippen LogP) is 14.2. The Bertz CT molecular complexity index is 2630. The Hall–Kier alpha value is -6.90. The molecule has 0 spiro atoms. The number of benzene rings is 9. The third-order valence-electron chi connectivity index (χ3n) is 9.85. The Labute approximate surface area is 304 Å². The van der Waals surface area contributed by atoms with Gasteiger partial charge in [0.05, 0.1) is 5.69 Å². The smallest absolute Gasteiger partial charge is 0.0540 e. The van der Waals surface area contributed by atoms with Crippen LogP contribution in [-0.2, 0) is 0 Å². The van der Waals surface area contributed by atoms with Gasteiger partial charge in [-0.2, -0.15) is 0 Å². The number of hydrogen-bond acceptors (Lipinski definition) is 2. The van der Waals surface area contributed by atoms with Crippen molar-refractivity contribution in [2.75, 3.05) is 10.2 Å². The van der Waals surface area contributed by atoms with Crippen molar-refractivity contribution in [3.63, 3.8) is 0 Å². The van der Waals surface area contributed by atoms with Crippen LogP contribution in [0.2, 0.25) is 0 Å². The Morgan fingerprint density at radius 2 is 0.904 bits per heavy atom. The Kier molecular flexibility index (Phi) is 8.24. The summed E-state index contributed by atoms with van der Waals surface area (Å²) < 4.78 is 0. The van der Waals surface area contributed by atoms with Crippen LogP contribution < -0.4 is 10.2 Å². The van der Waals surface area contributed by atoms with E-state index in [4.69, 9.17) is 0 Å². The molecule has 9 rings (SSSR count). The lowest BCUT2D eigenvalue weighted by Crippen LogP contribution is -2.10. The fraction of sp³-hybridized carbons (Fsp3) is 0. The summed E-state index contributed by atoms with van der Waals surface area (Å²) in [5.74, 6) is 0. The van der Waals surface area contributed by atoms with E-state index in [1.165, 1.54) is 54.9 Å². The fourth-order valence-electron chi connectivity index (χ4n) is 7.26. The van der Waals surface area contributed by atoms with Gasteiger partial charge >= 0.3 is 0 Å². The van der Waals surface area contributed by atoms with Gasteiger partial charge in [-0.15, -0.1) is 0 Å². The van der Waals surface area contributed by atoms with Gasteiger partial charge < -0.3 is 10.2 Å². The fourth-order valence-corrected chi connectivity index (χ4v) is 7.26. The van der Waals surface area contributed by atoms with Crippen molar-refractivity contribution in [3.8, 4) is 33.4 Å². The Morgan fingerprint density at radius 3 is 1.69 bits per heavy atom. The molecule has 2 nitrogen and oxygen atoms in total. The molecule has 0 saturated heterocycles. The predicted molar refractivity (Wildman–Crippen MR) is 222 cm³/mol. The summed E-state index contributed by atoms with van der Waals surface area (Å²) in [7, 11) is 0. The number of nitrogens with zero attached hydrogens (tertiary/aromatic N) is 1. The van der Waals surface area contributed by atoms with Crippen LogP contribution in [0.1, 0.15) is 0 Å². The van der Waals surface area contributed by atoms with Crippen LogP contribution in [-0.4, -0.2) is 0 Å². The summed E-state index contributed by atoms with van der Waals surface area (Å²) in [4.78, 5) is 2.37. The molecule has 0 aliphatic rings. The van der Waals surface area contributed by atoms with Gasteiger partial charge in [-0.25, -0.2) is 0 Å². The zero-order valence-electron chi connectivity index (χ0n) is 28.7. The van der Waals surface area contributed by atoms with Crippen LogP contribution in [0.25, 0.3) is 54.9 Å². The van der Waals surface area contributed by atoms with E-state index in [2.05, 4.69) is 223 Å². The van der Waals surface area contributed by atoms with Gasteiger partial charge in [-0.1, -0.05) is 158 Å². The quantitative estimate of drug-likeness (QED) is 0.174. The van der Waals surface area contributed by atoms with Gasteiger partial charge in [-0.05, 0) is 98.6 Å². The van der Waals surface area contributed by atoms with Crippen LogP contribution in [0, 0.1) is 0 Å². The van der Waals surface area contributed by atoms with Gasteiger partial charge in [0.1, 0.15) is 0 Å². The van der Waals surface area contributed by atoms with E-state index in [1.54, 1.807) is 0 Å². The van der Waals surface area contributed by atoms with Crippen LogP contribution in [0.3, 0.4) is 0 Å². The van der Waals surface area contributed by atoms with Crippen molar-refractivity contribution >= 4 is 50.0 Å². The van der Waals surface area contributed by atoms with Gasteiger partial charge in [0, 0.05) is 33.7 Å². The van der Waals surface area contributed by atoms with Gasteiger partial charge in [-0.3, -0.25) is 0 Å². The molecule has 0 aromatic heterocycles. The van der Waals surface area contributed by atoms with Crippen molar-refractivity contribution in [1.82, 2.24) is 0 Å². The molecule has 0 aliphatic carbocycles. The van der Waals surface area contributed by atoms with Gasteiger partial charge in [0.2, 0.25) is 0 Å². The lowest BCUT2D eigenvalue weighted by atomic mass is 9.96. The number of fused-ring (bicyclic) bond motifs is 2. The molecule has 0 bridgehead atoms. The lowest BCUT2D eigenvalue weighted by molar-refractivity contribution is 1.30. The molecule has 0 heterocycles. The minimum atomic E-state index is 1.05. The normalized spacial score (nSPS) is 11.1. The molecule has 52 heavy (non-hydrogen) atoms. The number of anilines is 5. The lowest BCUT2D eigenvalue weighted by Gasteiger charge is -2.27. The largest absolute Gasteiger partial charge is 0.355 e. The molecule has 9 aromatic carbocycles.